The van der Waals surface area contributed by atoms with Gasteiger partial charge in [-0.15, -0.1) is 0 Å². The van der Waals surface area contributed by atoms with Crippen molar-refractivity contribution in [2.24, 2.45) is 50.2 Å². The van der Waals surface area contributed by atoms with Gasteiger partial charge in [-0.25, -0.2) is 4.79 Å². The normalized spacial score (nSPS) is 42.9. The molecule has 50 heavy (non-hydrogen) atoms. The van der Waals surface area contributed by atoms with Crippen LogP contribution in [-0.4, -0.2) is 48.0 Å². The van der Waals surface area contributed by atoms with E-state index in [1.807, 2.05) is 19.9 Å². The number of rotatable bonds is 7. The van der Waals surface area contributed by atoms with Crippen molar-refractivity contribution in [1.29, 1.82) is 0 Å². The van der Waals surface area contributed by atoms with Crippen molar-refractivity contribution in [2.45, 2.75) is 132 Å². The van der Waals surface area contributed by atoms with Gasteiger partial charge in [-0.3, -0.25) is 19.2 Å². The van der Waals surface area contributed by atoms with E-state index in [1.54, 1.807) is 13.8 Å². The van der Waals surface area contributed by atoms with Crippen molar-refractivity contribution in [1.82, 2.24) is 5.32 Å². The molecule has 6 rings (SSSR count). The minimum absolute atomic E-state index is 0.00905. The lowest BCUT2D eigenvalue weighted by Crippen LogP contribution is -2.70. The minimum Gasteiger partial charge on any atom is -0.481 e. The van der Waals surface area contributed by atoms with Crippen LogP contribution >= 0.6 is 0 Å². The maximum Gasteiger partial charge on any atom is 0.519 e. The lowest BCUT2D eigenvalue weighted by Gasteiger charge is -2.70. The number of hydrogen-bond acceptors (Lipinski definition) is 10. The van der Waals surface area contributed by atoms with Crippen LogP contribution in [0.5, 0.6) is 0 Å². The van der Waals surface area contributed by atoms with Crippen LogP contribution in [0, 0.1) is 57.2 Å². The SMILES string of the molecule is COC(=O)[C@H](C)N[C@H]1CC[C@@]2(C)[C@@H](CC[C@]3(C)[C@@H]2C(=O)C=C2[C@@H]4C[C@@](C)(C(=O)O)CC[C@]4(C)CC[C@]23C)[C@]1(C)C(=O)OCc1oc(=O)oc1C. The molecule has 0 bridgehead atoms. The molecule has 276 valence electrons. The summed E-state index contributed by atoms with van der Waals surface area (Å²) in [7, 11) is 1.33. The Morgan fingerprint density at radius 3 is 2.28 bits per heavy atom. The number of methoxy groups -OCH3 is 1. The average molecular weight is 698 g/mol. The second-order valence-electron chi connectivity index (χ2n) is 17.9. The molecule has 4 saturated carbocycles. The van der Waals surface area contributed by atoms with Crippen molar-refractivity contribution >= 4 is 23.7 Å². The van der Waals surface area contributed by atoms with Crippen molar-refractivity contribution in [2.75, 3.05) is 7.11 Å². The Bertz CT molecular complexity index is 1690. The summed E-state index contributed by atoms with van der Waals surface area (Å²) in [6, 6.07) is -1.15. The van der Waals surface area contributed by atoms with E-state index in [-0.39, 0.29) is 52.5 Å². The lowest BCUT2D eigenvalue weighted by atomic mass is 9.33. The standard InChI is InChI=1S/C39H55NO10/c1-21(30(42)47-9)40-28-11-12-36(5)27(39(28,8)32(45)48-20-26-22(2)49-33(46)50-26)10-13-38(7)29(36)25(41)18-23-24-19-35(4,31(43)44)15-14-34(24,3)16-17-37(23,38)6/h18,21,24,27-29,40H,10-17,19-20H2,1-9H3,(H,43,44)/t21-,24-,27+,28-,29+,34+,35-,36-,37+,38+,39-/m0/s1. The van der Waals surface area contributed by atoms with Gasteiger partial charge in [0.1, 0.15) is 6.04 Å². The molecular formula is C39H55NO10. The van der Waals surface area contributed by atoms with E-state index in [9.17, 15) is 29.1 Å². The Morgan fingerprint density at radius 1 is 0.980 bits per heavy atom. The average Bonchev–Trinajstić information content (AvgIpc) is 3.38. The molecule has 0 unspecified atom stereocenters. The summed E-state index contributed by atoms with van der Waals surface area (Å²) >= 11 is 0. The van der Waals surface area contributed by atoms with Crippen LogP contribution in [0.1, 0.15) is 118 Å². The van der Waals surface area contributed by atoms with Gasteiger partial charge in [-0.1, -0.05) is 33.3 Å². The molecule has 4 fully saturated rings. The van der Waals surface area contributed by atoms with Gasteiger partial charge in [0, 0.05) is 12.0 Å². The summed E-state index contributed by atoms with van der Waals surface area (Å²) in [6.07, 6.45) is 8.32. The quantitative estimate of drug-likeness (QED) is 0.314. The van der Waals surface area contributed by atoms with Crippen LogP contribution < -0.4 is 11.1 Å². The molecule has 1 aromatic rings. The number of carbonyl (C=O) groups is 4. The van der Waals surface area contributed by atoms with Gasteiger partial charge in [-0.05, 0) is 125 Å². The van der Waals surface area contributed by atoms with Crippen molar-refractivity contribution in [3.8, 4) is 0 Å². The predicted octanol–water partition coefficient (Wildman–Crippen LogP) is 6.15. The number of fused-ring (bicyclic) bond motifs is 7. The lowest BCUT2D eigenvalue weighted by molar-refractivity contribution is -0.206. The highest BCUT2D eigenvalue weighted by molar-refractivity contribution is 5.96. The Kier molecular flexibility index (Phi) is 8.72. The van der Waals surface area contributed by atoms with E-state index < -0.39 is 57.5 Å². The molecule has 11 heteroatoms. The molecule has 5 aliphatic carbocycles. The third kappa shape index (κ3) is 5.10. The Labute approximate surface area is 294 Å². The number of carboxylic acid groups (broad SMARTS) is 1. The first-order chi connectivity index (χ1) is 23.2. The molecule has 0 aromatic carbocycles. The Hall–Kier alpha value is -3.21. The largest absolute Gasteiger partial charge is 0.519 e. The van der Waals surface area contributed by atoms with E-state index in [1.165, 1.54) is 7.11 Å². The third-order valence-electron chi connectivity index (χ3n) is 15.4. The Balaban J connectivity index is 1.40. The van der Waals surface area contributed by atoms with Crippen LogP contribution in [0.2, 0.25) is 0 Å². The molecule has 1 heterocycles. The van der Waals surface area contributed by atoms with Crippen LogP contribution in [0.15, 0.2) is 25.3 Å². The van der Waals surface area contributed by atoms with E-state index in [0.717, 1.165) is 24.8 Å². The summed E-state index contributed by atoms with van der Waals surface area (Å²) < 4.78 is 21.0. The number of aryl methyl sites for hydroxylation is 1. The molecular weight excluding hydrogens is 642 g/mol. The van der Waals surface area contributed by atoms with Crippen molar-refractivity contribution in [3.63, 3.8) is 0 Å². The fourth-order valence-corrected chi connectivity index (χ4v) is 12.0. The second-order valence-corrected chi connectivity index (χ2v) is 17.9. The summed E-state index contributed by atoms with van der Waals surface area (Å²) in [5.74, 6) is -2.79. The topological polar surface area (TPSA) is 162 Å². The van der Waals surface area contributed by atoms with Crippen LogP contribution in [-0.2, 0) is 35.3 Å². The first kappa shape index (κ1) is 36.6. The van der Waals surface area contributed by atoms with Gasteiger partial charge in [0.25, 0.3) is 0 Å². The summed E-state index contributed by atoms with van der Waals surface area (Å²) in [5.41, 5.74) is -2.24. The summed E-state index contributed by atoms with van der Waals surface area (Å²) in [5, 5.41) is 13.6. The number of allylic oxidation sites excluding steroid dienone is 2. The molecule has 11 nitrogen and oxygen atoms in total. The second kappa shape index (κ2) is 11.9. The van der Waals surface area contributed by atoms with E-state index in [2.05, 4.69) is 33.0 Å². The molecule has 1 aromatic heterocycles. The Morgan fingerprint density at radius 2 is 1.66 bits per heavy atom. The number of carbonyl (C=O) groups excluding carboxylic acids is 3. The molecule has 5 aliphatic rings. The van der Waals surface area contributed by atoms with Crippen molar-refractivity contribution in [3.05, 3.63) is 33.8 Å². The monoisotopic (exact) mass is 697 g/mol. The number of hydrogen-bond donors (Lipinski definition) is 2. The first-order valence-corrected chi connectivity index (χ1v) is 18.3. The maximum absolute atomic E-state index is 14.8. The number of nitrogens with one attached hydrogen (secondary N) is 1. The van der Waals surface area contributed by atoms with Crippen molar-refractivity contribution < 1.29 is 42.6 Å². The maximum atomic E-state index is 14.8. The van der Waals surface area contributed by atoms with Crippen LogP contribution in [0.4, 0.5) is 0 Å². The van der Waals surface area contributed by atoms with E-state index in [0.29, 0.717) is 38.5 Å². The number of esters is 2. The van der Waals surface area contributed by atoms with Gasteiger partial charge in [0.05, 0.1) is 17.9 Å². The first-order valence-electron chi connectivity index (χ1n) is 18.3. The predicted molar refractivity (Wildman–Crippen MR) is 182 cm³/mol. The fraction of sp³-hybridized carbons (Fsp3) is 0.769. The molecule has 0 radical (unpaired) electrons. The smallest absolute Gasteiger partial charge is 0.481 e. The molecule has 0 aliphatic heterocycles. The molecule has 0 saturated heterocycles. The van der Waals surface area contributed by atoms with Gasteiger partial charge in [-0.2, -0.15) is 0 Å². The number of carboxylic acids is 1. The molecule has 11 atom stereocenters. The highest BCUT2D eigenvalue weighted by atomic mass is 16.6. The third-order valence-corrected chi connectivity index (χ3v) is 15.4. The zero-order valence-electron chi connectivity index (χ0n) is 31.2. The van der Waals surface area contributed by atoms with Gasteiger partial charge in [0.15, 0.2) is 23.9 Å². The fourth-order valence-electron chi connectivity index (χ4n) is 12.0. The van der Waals surface area contributed by atoms with Gasteiger partial charge < -0.3 is 28.7 Å². The number of ketones is 1. The number of aliphatic carboxylic acids is 1. The molecule has 2 N–H and O–H groups in total. The zero-order valence-corrected chi connectivity index (χ0v) is 31.2. The van der Waals surface area contributed by atoms with E-state index in [4.69, 9.17) is 18.3 Å². The highest BCUT2D eigenvalue weighted by Crippen LogP contribution is 2.75. The molecule has 0 amide bonds. The zero-order chi connectivity index (χ0) is 36.8. The van der Waals surface area contributed by atoms with E-state index >= 15 is 0 Å². The van der Waals surface area contributed by atoms with Gasteiger partial charge >= 0.3 is 23.7 Å². The van der Waals surface area contributed by atoms with Gasteiger partial charge in [0.2, 0.25) is 0 Å². The van der Waals surface area contributed by atoms with Crippen LogP contribution in [0.25, 0.3) is 0 Å². The minimum atomic E-state index is -1.16. The number of ether oxygens (including phenoxy) is 2. The van der Waals surface area contributed by atoms with Crippen LogP contribution in [0.3, 0.4) is 0 Å². The molecule has 0 spiro atoms. The highest BCUT2D eigenvalue weighted by Gasteiger charge is 2.72. The summed E-state index contributed by atoms with van der Waals surface area (Å²) in [6.45, 7) is 15.8. The summed E-state index contributed by atoms with van der Waals surface area (Å²) in [4.78, 5) is 66.1.